The lowest BCUT2D eigenvalue weighted by Crippen LogP contribution is -2.12. The van der Waals surface area contributed by atoms with Crippen LogP contribution in [0.2, 0.25) is 0 Å². The minimum atomic E-state index is -0.310. The van der Waals surface area contributed by atoms with Crippen molar-refractivity contribution < 1.29 is 19.0 Å². The van der Waals surface area contributed by atoms with E-state index < -0.39 is 0 Å². The molecule has 0 radical (unpaired) electrons. The van der Waals surface area contributed by atoms with Crippen molar-refractivity contribution in [2.75, 3.05) is 32.4 Å². The first-order chi connectivity index (χ1) is 14.0. The second kappa shape index (κ2) is 9.00. The van der Waals surface area contributed by atoms with E-state index in [1.54, 1.807) is 12.1 Å². The van der Waals surface area contributed by atoms with E-state index in [0.29, 0.717) is 33.5 Å². The molecule has 0 saturated carbocycles. The largest absolute Gasteiger partial charge is 0.493 e. The monoisotopic (exact) mass is 415 g/mol. The molecular formula is C21H25N3O4S. The number of aryl methyl sites for hydroxylation is 1. The number of carbonyl (C=O) groups is 1. The van der Waals surface area contributed by atoms with Gasteiger partial charge in [0.1, 0.15) is 9.71 Å². The number of pyridine rings is 1. The summed E-state index contributed by atoms with van der Waals surface area (Å²) >= 11 is 1.29. The third kappa shape index (κ3) is 4.22. The molecule has 0 aliphatic rings. The Hall–Kier alpha value is -3.00. The molecule has 3 rings (SSSR count). The van der Waals surface area contributed by atoms with Crippen LogP contribution in [0.1, 0.15) is 35.1 Å². The summed E-state index contributed by atoms with van der Waals surface area (Å²) in [6.07, 6.45) is 3.10. The first-order valence-corrected chi connectivity index (χ1v) is 10.1. The molecule has 3 aromatic rings. The summed E-state index contributed by atoms with van der Waals surface area (Å²) in [5, 5.41) is 3.65. The summed E-state index contributed by atoms with van der Waals surface area (Å²) in [5.41, 5.74) is 8.20. The van der Waals surface area contributed by atoms with E-state index in [2.05, 4.69) is 17.2 Å². The molecule has 3 N–H and O–H groups in total. The highest BCUT2D eigenvalue weighted by atomic mass is 32.1. The minimum Gasteiger partial charge on any atom is -0.493 e. The molecule has 154 valence electrons. The van der Waals surface area contributed by atoms with E-state index in [9.17, 15) is 4.79 Å². The van der Waals surface area contributed by atoms with Crippen LogP contribution in [0.3, 0.4) is 0 Å². The van der Waals surface area contributed by atoms with Crippen LogP contribution in [-0.4, -0.2) is 32.2 Å². The van der Waals surface area contributed by atoms with Crippen LogP contribution in [0.4, 0.5) is 11.4 Å². The number of thiophene rings is 1. The molecule has 1 amide bonds. The lowest BCUT2D eigenvalue weighted by atomic mass is 10.1. The summed E-state index contributed by atoms with van der Waals surface area (Å²) in [5.74, 6) is 1.05. The smallest absolute Gasteiger partial charge is 0.267 e. The predicted molar refractivity (Wildman–Crippen MR) is 117 cm³/mol. The summed E-state index contributed by atoms with van der Waals surface area (Å²) in [4.78, 5) is 18.8. The number of ether oxygens (including phenoxy) is 3. The van der Waals surface area contributed by atoms with Crippen LogP contribution in [-0.2, 0) is 6.42 Å². The van der Waals surface area contributed by atoms with Gasteiger partial charge in [-0.2, -0.15) is 0 Å². The van der Waals surface area contributed by atoms with Gasteiger partial charge in [-0.1, -0.05) is 13.3 Å². The van der Waals surface area contributed by atoms with Gasteiger partial charge < -0.3 is 25.3 Å². The average molecular weight is 416 g/mol. The number of unbranched alkanes of at least 4 members (excludes halogenated alkanes) is 1. The fourth-order valence-electron chi connectivity index (χ4n) is 3.04. The molecule has 0 unspecified atom stereocenters. The first-order valence-electron chi connectivity index (χ1n) is 9.31. The van der Waals surface area contributed by atoms with Gasteiger partial charge in [0.05, 0.1) is 27.0 Å². The van der Waals surface area contributed by atoms with E-state index >= 15 is 0 Å². The number of fused-ring (bicyclic) bond motifs is 1. The molecule has 2 heterocycles. The number of nitrogen functional groups attached to an aromatic ring is 1. The number of anilines is 2. The molecule has 0 aliphatic heterocycles. The second-order valence-electron chi connectivity index (χ2n) is 6.47. The molecule has 8 heteroatoms. The predicted octanol–water partition coefficient (Wildman–Crippen LogP) is 4.50. The highest BCUT2D eigenvalue weighted by Crippen LogP contribution is 2.40. The number of aromatic nitrogens is 1. The van der Waals surface area contributed by atoms with Gasteiger partial charge in [-0.25, -0.2) is 4.98 Å². The highest BCUT2D eigenvalue weighted by molar-refractivity contribution is 7.21. The zero-order valence-corrected chi connectivity index (χ0v) is 17.8. The van der Waals surface area contributed by atoms with E-state index in [4.69, 9.17) is 19.9 Å². The quantitative estimate of drug-likeness (QED) is 0.562. The summed E-state index contributed by atoms with van der Waals surface area (Å²) in [6.45, 7) is 2.15. The molecular weight excluding hydrogens is 390 g/mol. The van der Waals surface area contributed by atoms with Crippen LogP contribution in [0.25, 0.3) is 10.2 Å². The van der Waals surface area contributed by atoms with E-state index in [-0.39, 0.29) is 5.91 Å². The van der Waals surface area contributed by atoms with Gasteiger partial charge >= 0.3 is 0 Å². The molecule has 0 aliphatic carbocycles. The van der Waals surface area contributed by atoms with Gasteiger partial charge in [0.15, 0.2) is 11.5 Å². The number of nitrogens with one attached hydrogen (secondary N) is 1. The van der Waals surface area contributed by atoms with Crippen molar-refractivity contribution in [1.82, 2.24) is 4.98 Å². The van der Waals surface area contributed by atoms with Gasteiger partial charge in [-0.05, 0) is 25.0 Å². The van der Waals surface area contributed by atoms with Crippen molar-refractivity contribution in [3.8, 4) is 17.2 Å². The number of carbonyl (C=O) groups excluding carboxylic acids is 1. The van der Waals surface area contributed by atoms with Gasteiger partial charge in [-0.3, -0.25) is 4.79 Å². The lowest BCUT2D eigenvalue weighted by Gasteiger charge is -2.14. The van der Waals surface area contributed by atoms with Gasteiger partial charge in [0, 0.05) is 28.9 Å². The van der Waals surface area contributed by atoms with E-state index in [1.165, 1.54) is 32.7 Å². The SMILES string of the molecule is CCCCc1ccc2c(N)c(C(=O)Nc3cc(OC)c(OC)c(OC)c3)sc2n1. The van der Waals surface area contributed by atoms with Crippen LogP contribution >= 0.6 is 11.3 Å². The Labute approximate surface area is 173 Å². The molecule has 2 aromatic heterocycles. The molecule has 0 atom stereocenters. The van der Waals surface area contributed by atoms with Gasteiger partial charge in [0.25, 0.3) is 5.91 Å². The molecule has 0 fully saturated rings. The molecule has 0 spiro atoms. The molecule has 29 heavy (non-hydrogen) atoms. The zero-order valence-electron chi connectivity index (χ0n) is 17.0. The average Bonchev–Trinajstić information content (AvgIpc) is 3.07. The van der Waals surface area contributed by atoms with Crippen LogP contribution in [0, 0.1) is 0 Å². The third-order valence-corrected chi connectivity index (χ3v) is 5.68. The van der Waals surface area contributed by atoms with Crippen LogP contribution in [0.5, 0.6) is 17.2 Å². The Morgan fingerprint density at radius 2 is 1.83 bits per heavy atom. The van der Waals surface area contributed by atoms with Crippen LogP contribution in [0.15, 0.2) is 24.3 Å². The summed E-state index contributed by atoms with van der Waals surface area (Å²) in [7, 11) is 4.57. The fraction of sp³-hybridized carbons (Fsp3) is 0.333. The zero-order chi connectivity index (χ0) is 21.0. The number of amides is 1. The first kappa shape index (κ1) is 20.7. The maximum Gasteiger partial charge on any atom is 0.267 e. The number of rotatable bonds is 8. The standard InChI is InChI=1S/C21H25N3O4S/c1-5-6-7-12-8-9-14-17(22)19(29-21(14)24-12)20(25)23-13-10-15(26-2)18(28-4)16(11-13)27-3/h8-11H,5-7,22H2,1-4H3,(H,23,25). The molecule has 0 bridgehead atoms. The summed E-state index contributed by atoms with van der Waals surface area (Å²) in [6, 6.07) is 7.26. The lowest BCUT2D eigenvalue weighted by molar-refractivity contribution is 0.103. The number of hydrogen-bond acceptors (Lipinski definition) is 7. The van der Waals surface area contributed by atoms with Gasteiger partial charge in [-0.15, -0.1) is 11.3 Å². The maximum atomic E-state index is 12.9. The van der Waals surface area contributed by atoms with Crippen molar-refractivity contribution in [2.45, 2.75) is 26.2 Å². The molecule has 1 aromatic carbocycles. The number of benzene rings is 1. The Bertz CT molecular complexity index is 1010. The summed E-state index contributed by atoms with van der Waals surface area (Å²) < 4.78 is 16.0. The number of hydrogen-bond donors (Lipinski definition) is 2. The van der Waals surface area contributed by atoms with Gasteiger partial charge in [0.2, 0.25) is 5.75 Å². The Morgan fingerprint density at radius 1 is 1.14 bits per heavy atom. The fourth-order valence-corrected chi connectivity index (χ4v) is 4.05. The Morgan fingerprint density at radius 3 is 2.41 bits per heavy atom. The second-order valence-corrected chi connectivity index (χ2v) is 7.47. The topological polar surface area (TPSA) is 95.7 Å². The minimum absolute atomic E-state index is 0.310. The van der Waals surface area contributed by atoms with Crippen LogP contribution < -0.4 is 25.3 Å². The number of nitrogens with two attached hydrogens (primary N) is 1. The normalized spacial score (nSPS) is 10.8. The van der Waals surface area contributed by atoms with Crippen molar-refractivity contribution in [1.29, 1.82) is 0 Å². The highest BCUT2D eigenvalue weighted by Gasteiger charge is 2.20. The Balaban J connectivity index is 1.91. The number of methoxy groups -OCH3 is 3. The molecule has 0 saturated heterocycles. The number of nitrogens with zero attached hydrogens (tertiary/aromatic N) is 1. The molecule has 7 nitrogen and oxygen atoms in total. The van der Waals surface area contributed by atoms with Crippen molar-refractivity contribution in [3.63, 3.8) is 0 Å². The van der Waals surface area contributed by atoms with Crippen molar-refractivity contribution in [3.05, 3.63) is 34.8 Å². The Kier molecular flexibility index (Phi) is 6.43. The third-order valence-electron chi connectivity index (χ3n) is 4.57. The van der Waals surface area contributed by atoms with Crippen molar-refractivity contribution >= 4 is 38.8 Å². The van der Waals surface area contributed by atoms with E-state index in [0.717, 1.165) is 35.2 Å². The van der Waals surface area contributed by atoms with E-state index in [1.807, 2.05) is 12.1 Å². The van der Waals surface area contributed by atoms with Crippen molar-refractivity contribution in [2.24, 2.45) is 0 Å². The maximum absolute atomic E-state index is 12.9.